The number of rotatable bonds is 9. The number of halogens is 1. The van der Waals surface area contributed by atoms with Gasteiger partial charge in [0.2, 0.25) is 0 Å². The zero-order chi connectivity index (χ0) is 20.5. The monoisotopic (exact) mass is 529 g/mol. The van der Waals surface area contributed by atoms with E-state index in [1.54, 1.807) is 20.5 Å². The first-order chi connectivity index (χ1) is 14.2. The molecule has 1 fully saturated rings. The summed E-state index contributed by atoms with van der Waals surface area (Å²) in [6, 6.07) is 9.64. The van der Waals surface area contributed by atoms with Gasteiger partial charge in [0, 0.05) is 25.1 Å². The highest BCUT2D eigenvalue weighted by molar-refractivity contribution is 14.0. The van der Waals surface area contributed by atoms with Gasteiger partial charge in [-0.3, -0.25) is 4.99 Å². The molecule has 8 heteroatoms. The van der Waals surface area contributed by atoms with Gasteiger partial charge in [-0.2, -0.15) is 0 Å². The van der Waals surface area contributed by atoms with Crippen molar-refractivity contribution in [2.75, 3.05) is 33.9 Å². The van der Waals surface area contributed by atoms with Crippen LogP contribution >= 0.6 is 24.0 Å². The molecule has 30 heavy (non-hydrogen) atoms. The smallest absolute Gasteiger partial charge is 0.191 e. The molecule has 166 valence electrons. The summed E-state index contributed by atoms with van der Waals surface area (Å²) >= 11 is 0. The minimum absolute atomic E-state index is 0. The Labute approximate surface area is 195 Å². The van der Waals surface area contributed by atoms with Crippen molar-refractivity contribution in [2.45, 2.75) is 38.3 Å². The van der Waals surface area contributed by atoms with E-state index in [9.17, 15) is 0 Å². The third kappa shape index (κ3) is 7.09. The highest BCUT2D eigenvalue weighted by Gasteiger charge is 2.17. The maximum atomic E-state index is 5.71. The van der Waals surface area contributed by atoms with Crippen LogP contribution in [0, 0.1) is 0 Å². The summed E-state index contributed by atoms with van der Waals surface area (Å²) in [5, 5.41) is 6.88. The molecule has 7 nitrogen and oxygen atoms in total. The molecule has 1 saturated heterocycles. The molecular formula is C22H32IN3O4. The van der Waals surface area contributed by atoms with Crippen LogP contribution in [0.25, 0.3) is 0 Å². The number of furan rings is 1. The Kier molecular flexibility index (Phi) is 10.3. The van der Waals surface area contributed by atoms with Crippen molar-refractivity contribution in [3.8, 4) is 11.5 Å². The lowest BCUT2D eigenvalue weighted by Gasteiger charge is -2.21. The van der Waals surface area contributed by atoms with Crippen LogP contribution in [0.1, 0.15) is 37.1 Å². The van der Waals surface area contributed by atoms with Gasteiger partial charge in [0.05, 0.1) is 39.2 Å². The normalized spacial score (nSPS) is 17.2. The minimum Gasteiger partial charge on any atom is -0.497 e. The van der Waals surface area contributed by atoms with E-state index < -0.39 is 0 Å². The van der Waals surface area contributed by atoms with Crippen molar-refractivity contribution in [3.63, 3.8) is 0 Å². The molecule has 0 saturated carbocycles. The SMILES string of the molecule is COc1ccc(OC)c(C(C)NC(=NCC2CCCO2)NCCc2ccco2)c1.I. The predicted molar refractivity (Wildman–Crippen MR) is 128 cm³/mol. The summed E-state index contributed by atoms with van der Waals surface area (Å²) in [7, 11) is 3.33. The third-order valence-corrected chi connectivity index (χ3v) is 4.98. The molecule has 0 spiro atoms. The number of methoxy groups -OCH3 is 2. The number of nitrogens with zero attached hydrogens (tertiary/aromatic N) is 1. The molecular weight excluding hydrogens is 497 g/mol. The summed E-state index contributed by atoms with van der Waals surface area (Å²) in [6.07, 6.45) is 4.83. The summed E-state index contributed by atoms with van der Waals surface area (Å²) in [6.45, 7) is 4.25. The van der Waals surface area contributed by atoms with Crippen LogP contribution in [0.15, 0.2) is 46.0 Å². The first-order valence-electron chi connectivity index (χ1n) is 10.1. The molecule has 0 bridgehead atoms. The van der Waals surface area contributed by atoms with Gasteiger partial charge in [-0.1, -0.05) is 0 Å². The van der Waals surface area contributed by atoms with Crippen LogP contribution in [0.5, 0.6) is 11.5 Å². The zero-order valence-electron chi connectivity index (χ0n) is 17.8. The molecule has 1 aliphatic heterocycles. The first kappa shape index (κ1) is 24.3. The molecule has 2 heterocycles. The van der Waals surface area contributed by atoms with E-state index in [2.05, 4.69) is 17.6 Å². The molecule has 1 aliphatic rings. The van der Waals surface area contributed by atoms with Crippen molar-refractivity contribution < 1.29 is 18.6 Å². The van der Waals surface area contributed by atoms with Gasteiger partial charge in [0.15, 0.2) is 5.96 Å². The summed E-state index contributed by atoms with van der Waals surface area (Å²) in [5.74, 6) is 3.28. The first-order valence-corrected chi connectivity index (χ1v) is 10.1. The Morgan fingerprint density at radius 3 is 2.80 bits per heavy atom. The summed E-state index contributed by atoms with van der Waals surface area (Å²) < 4.78 is 22.0. The Balaban J connectivity index is 0.00000320. The van der Waals surface area contributed by atoms with E-state index in [0.29, 0.717) is 13.1 Å². The standard InChI is InChI=1S/C22H31N3O4.HI/c1-16(20-14-18(26-2)8-9-21(20)27-3)25-22(24-15-19-7-5-13-29-19)23-11-10-17-6-4-12-28-17;/h4,6,8-9,12,14,16,19H,5,7,10-11,13,15H2,1-3H3,(H2,23,24,25);1H. The topological polar surface area (TPSA) is 77.2 Å². The number of hydrogen-bond acceptors (Lipinski definition) is 5. The van der Waals surface area contributed by atoms with E-state index in [1.165, 1.54) is 0 Å². The Morgan fingerprint density at radius 1 is 1.27 bits per heavy atom. The molecule has 2 atom stereocenters. The lowest BCUT2D eigenvalue weighted by molar-refractivity contribution is 0.117. The number of nitrogens with one attached hydrogen (secondary N) is 2. The van der Waals surface area contributed by atoms with E-state index >= 15 is 0 Å². The molecule has 0 amide bonds. The number of benzene rings is 1. The van der Waals surface area contributed by atoms with E-state index in [0.717, 1.165) is 54.7 Å². The van der Waals surface area contributed by atoms with Crippen LogP contribution in [-0.4, -0.2) is 46.0 Å². The molecule has 0 radical (unpaired) electrons. The summed E-state index contributed by atoms with van der Waals surface area (Å²) in [5.41, 5.74) is 1.00. The molecule has 2 unspecified atom stereocenters. The van der Waals surface area contributed by atoms with Crippen molar-refractivity contribution in [1.82, 2.24) is 10.6 Å². The molecule has 2 N–H and O–H groups in total. The van der Waals surface area contributed by atoms with E-state index in [1.807, 2.05) is 30.3 Å². The Morgan fingerprint density at radius 2 is 2.13 bits per heavy atom. The number of aliphatic imine (C=N–C) groups is 1. The van der Waals surface area contributed by atoms with Gasteiger partial charge in [0.25, 0.3) is 0 Å². The second-order valence-electron chi connectivity index (χ2n) is 7.05. The van der Waals surface area contributed by atoms with Gasteiger partial charge in [-0.05, 0) is 50.1 Å². The molecule has 2 aromatic rings. The third-order valence-electron chi connectivity index (χ3n) is 4.98. The Hall–Kier alpha value is -1.94. The average molecular weight is 529 g/mol. The van der Waals surface area contributed by atoms with E-state index in [4.69, 9.17) is 23.6 Å². The molecule has 1 aromatic carbocycles. The van der Waals surface area contributed by atoms with Gasteiger partial charge >= 0.3 is 0 Å². The Bertz CT molecular complexity index is 777. The van der Waals surface area contributed by atoms with Gasteiger partial charge < -0.3 is 29.3 Å². The lowest BCUT2D eigenvalue weighted by atomic mass is 10.1. The fourth-order valence-electron chi connectivity index (χ4n) is 3.35. The van der Waals surface area contributed by atoms with Crippen LogP contribution < -0.4 is 20.1 Å². The second-order valence-corrected chi connectivity index (χ2v) is 7.05. The summed E-state index contributed by atoms with van der Waals surface area (Å²) in [4.78, 5) is 4.75. The van der Waals surface area contributed by atoms with Crippen LogP contribution in [0.3, 0.4) is 0 Å². The van der Waals surface area contributed by atoms with Crippen LogP contribution in [-0.2, 0) is 11.2 Å². The van der Waals surface area contributed by atoms with Gasteiger partial charge in [-0.15, -0.1) is 24.0 Å². The minimum atomic E-state index is -0.0283. The average Bonchev–Trinajstić information content (AvgIpc) is 3.45. The van der Waals surface area contributed by atoms with Crippen LogP contribution in [0.2, 0.25) is 0 Å². The number of guanidine groups is 1. The fourth-order valence-corrected chi connectivity index (χ4v) is 3.35. The zero-order valence-corrected chi connectivity index (χ0v) is 20.2. The second kappa shape index (κ2) is 12.7. The van der Waals surface area contributed by atoms with E-state index in [-0.39, 0.29) is 36.1 Å². The quantitative estimate of drug-likeness (QED) is 0.291. The molecule has 1 aromatic heterocycles. The molecule has 0 aliphatic carbocycles. The van der Waals surface area contributed by atoms with Gasteiger partial charge in [-0.25, -0.2) is 0 Å². The van der Waals surface area contributed by atoms with Crippen LogP contribution in [0.4, 0.5) is 0 Å². The number of ether oxygens (including phenoxy) is 3. The largest absolute Gasteiger partial charge is 0.497 e. The number of hydrogen-bond donors (Lipinski definition) is 2. The van der Waals surface area contributed by atoms with Crippen molar-refractivity contribution >= 4 is 29.9 Å². The van der Waals surface area contributed by atoms with Gasteiger partial charge in [0.1, 0.15) is 17.3 Å². The van der Waals surface area contributed by atoms with Crippen molar-refractivity contribution in [1.29, 1.82) is 0 Å². The maximum Gasteiger partial charge on any atom is 0.191 e. The van der Waals surface area contributed by atoms with Crippen molar-refractivity contribution in [3.05, 3.63) is 47.9 Å². The maximum absolute atomic E-state index is 5.71. The highest BCUT2D eigenvalue weighted by atomic mass is 127. The fraction of sp³-hybridized carbons (Fsp3) is 0.500. The lowest BCUT2D eigenvalue weighted by Crippen LogP contribution is -2.40. The molecule has 3 rings (SSSR count). The van der Waals surface area contributed by atoms with Crippen molar-refractivity contribution in [2.24, 2.45) is 4.99 Å². The highest BCUT2D eigenvalue weighted by Crippen LogP contribution is 2.29. The predicted octanol–water partition coefficient (Wildman–Crippen LogP) is 3.93.